The van der Waals surface area contributed by atoms with Gasteiger partial charge in [0.15, 0.2) is 0 Å². The van der Waals surface area contributed by atoms with Crippen molar-refractivity contribution in [2.24, 2.45) is 0 Å². The highest BCUT2D eigenvalue weighted by molar-refractivity contribution is 7.89. The number of hydrogen-bond acceptors (Lipinski definition) is 4. The van der Waals surface area contributed by atoms with E-state index in [0.717, 1.165) is 11.1 Å². The van der Waals surface area contributed by atoms with E-state index in [2.05, 4.69) is 4.72 Å². The summed E-state index contributed by atoms with van der Waals surface area (Å²) in [5.41, 5.74) is 2.22. The number of esters is 1. The second-order valence-electron chi connectivity index (χ2n) is 5.35. The Morgan fingerprint density at radius 1 is 1.08 bits per heavy atom. The Morgan fingerprint density at radius 2 is 1.76 bits per heavy atom. The van der Waals surface area contributed by atoms with Gasteiger partial charge in [-0.1, -0.05) is 42.5 Å². The van der Waals surface area contributed by atoms with E-state index in [0.29, 0.717) is 18.6 Å². The van der Waals surface area contributed by atoms with Crippen LogP contribution in [0.3, 0.4) is 0 Å². The molecule has 5 nitrogen and oxygen atoms in total. The van der Waals surface area contributed by atoms with Gasteiger partial charge in [0, 0.05) is 6.20 Å². The van der Waals surface area contributed by atoms with Gasteiger partial charge in [0.2, 0.25) is 10.0 Å². The van der Waals surface area contributed by atoms with E-state index in [1.165, 1.54) is 6.20 Å². The monoisotopic (exact) mass is 359 g/mol. The van der Waals surface area contributed by atoms with E-state index in [9.17, 15) is 13.2 Å². The van der Waals surface area contributed by atoms with Gasteiger partial charge < -0.3 is 4.74 Å². The van der Waals surface area contributed by atoms with Crippen molar-refractivity contribution in [3.05, 3.63) is 77.5 Å². The number of nitrogens with one attached hydrogen (secondary N) is 1. The minimum Gasteiger partial charge on any atom is -0.462 e. The average molecular weight is 359 g/mol. The van der Waals surface area contributed by atoms with Crippen molar-refractivity contribution in [2.75, 3.05) is 12.4 Å². The van der Waals surface area contributed by atoms with E-state index in [1.54, 1.807) is 37.3 Å². The molecule has 0 atom stereocenters. The van der Waals surface area contributed by atoms with Crippen LogP contribution in [0.25, 0.3) is 6.08 Å². The largest absolute Gasteiger partial charge is 0.462 e. The van der Waals surface area contributed by atoms with Crippen molar-refractivity contribution in [3.8, 4) is 0 Å². The molecule has 0 saturated carbocycles. The molecule has 2 aromatic carbocycles. The highest BCUT2D eigenvalue weighted by Gasteiger charge is 2.08. The number of carbonyl (C=O) groups excluding carboxylic acids is 1. The lowest BCUT2D eigenvalue weighted by molar-refractivity contribution is 0.0526. The Hall–Kier alpha value is -2.60. The summed E-state index contributed by atoms with van der Waals surface area (Å²) in [6, 6.07) is 16.2. The molecular weight excluding hydrogens is 338 g/mol. The molecule has 0 spiro atoms. The summed E-state index contributed by atoms with van der Waals surface area (Å²) in [6.45, 7) is 2.07. The van der Waals surface area contributed by atoms with Crippen LogP contribution in [-0.2, 0) is 21.2 Å². The van der Waals surface area contributed by atoms with Crippen molar-refractivity contribution < 1.29 is 17.9 Å². The van der Waals surface area contributed by atoms with Crippen molar-refractivity contribution in [1.82, 2.24) is 4.72 Å². The number of ether oxygens (including phenoxy) is 1. The molecule has 6 heteroatoms. The molecule has 25 heavy (non-hydrogen) atoms. The van der Waals surface area contributed by atoms with Gasteiger partial charge in [0.25, 0.3) is 0 Å². The second-order valence-corrected chi connectivity index (χ2v) is 7.22. The number of carbonyl (C=O) groups is 1. The lowest BCUT2D eigenvalue weighted by Gasteiger charge is -2.04. The molecule has 0 fully saturated rings. The fraction of sp³-hybridized carbons (Fsp3) is 0.211. The molecule has 0 bridgehead atoms. The first-order valence-corrected chi connectivity index (χ1v) is 9.63. The maximum atomic E-state index is 12.0. The molecule has 2 aromatic rings. The molecule has 132 valence electrons. The molecule has 1 N–H and O–H groups in total. The van der Waals surface area contributed by atoms with Crippen LogP contribution in [0.15, 0.2) is 60.8 Å². The summed E-state index contributed by atoms with van der Waals surface area (Å²) in [5.74, 6) is -0.358. The van der Waals surface area contributed by atoms with Gasteiger partial charge >= 0.3 is 5.97 Å². The zero-order valence-corrected chi connectivity index (χ0v) is 14.8. The molecular formula is C19H21NO4S. The number of benzene rings is 2. The third-order valence-electron chi connectivity index (χ3n) is 3.45. The first kappa shape index (κ1) is 18.7. The number of rotatable bonds is 8. The fourth-order valence-corrected chi connectivity index (χ4v) is 3.03. The first-order chi connectivity index (χ1) is 12.0. The lowest BCUT2D eigenvalue weighted by Crippen LogP contribution is -2.22. The van der Waals surface area contributed by atoms with Crippen molar-refractivity contribution in [3.63, 3.8) is 0 Å². The smallest absolute Gasteiger partial charge is 0.338 e. The van der Waals surface area contributed by atoms with Gasteiger partial charge in [-0.25, -0.2) is 13.2 Å². The molecule has 0 aliphatic carbocycles. The van der Waals surface area contributed by atoms with Gasteiger partial charge in [-0.05, 0) is 42.7 Å². The van der Waals surface area contributed by atoms with Gasteiger partial charge in [-0.15, -0.1) is 0 Å². The average Bonchev–Trinajstić information content (AvgIpc) is 2.62. The van der Waals surface area contributed by atoms with Gasteiger partial charge in [-0.3, -0.25) is 4.72 Å². The molecule has 0 saturated heterocycles. The molecule has 0 heterocycles. The van der Waals surface area contributed by atoms with Crippen LogP contribution < -0.4 is 4.72 Å². The van der Waals surface area contributed by atoms with Crippen LogP contribution in [0.4, 0.5) is 0 Å². The highest BCUT2D eigenvalue weighted by atomic mass is 32.2. The Bertz CT molecular complexity index is 812. The van der Waals surface area contributed by atoms with E-state index >= 15 is 0 Å². The third-order valence-corrected chi connectivity index (χ3v) is 4.68. The minimum absolute atomic E-state index is 0.0170. The minimum atomic E-state index is -3.39. The molecule has 2 rings (SSSR count). The van der Waals surface area contributed by atoms with Crippen molar-refractivity contribution >= 4 is 22.1 Å². The topological polar surface area (TPSA) is 72.5 Å². The number of sulfonamides is 1. The standard InChI is InChI=1S/C19H21NO4S/c1-2-24-19(21)18-10-8-17(9-11-18)12-14-20-25(22,23)15-13-16-6-4-3-5-7-16/h3-12,14,20H,2,13,15H2,1H3. The first-order valence-electron chi connectivity index (χ1n) is 7.98. The maximum absolute atomic E-state index is 12.0. The normalized spacial score (nSPS) is 11.4. The van der Waals surface area contributed by atoms with E-state index in [1.807, 2.05) is 30.3 Å². The van der Waals surface area contributed by atoms with Crippen LogP contribution >= 0.6 is 0 Å². The fourth-order valence-electron chi connectivity index (χ4n) is 2.13. The Kier molecular flexibility index (Phi) is 6.77. The molecule has 0 radical (unpaired) electrons. The molecule has 0 aliphatic rings. The molecule has 0 unspecified atom stereocenters. The maximum Gasteiger partial charge on any atom is 0.338 e. The zero-order valence-electron chi connectivity index (χ0n) is 14.0. The van der Waals surface area contributed by atoms with Crippen molar-refractivity contribution in [2.45, 2.75) is 13.3 Å². The number of hydrogen-bond donors (Lipinski definition) is 1. The van der Waals surface area contributed by atoms with Crippen LogP contribution in [0.2, 0.25) is 0 Å². The summed E-state index contributed by atoms with van der Waals surface area (Å²) in [5, 5.41) is 0. The summed E-state index contributed by atoms with van der Waals surface area (Å²) < 4.78 is 31.3. The van der Waals surface area contributed by atoms with Gasteiger partial charge in [-0.2, -0.15) is 0 Å². The van der Waals surface area contributed by atoms with E-state index in [4.69, 9.17) is 4.74 Å². The third kappa shape index (κ3) is 6.43. The van der Waals surface area contributed by atoms with E-state index in [-0.39, 0.29) is 11.7 Å². The zero-order chi connectivity index (χ0) is 18.1. The Morgan fingerprint density at radius 3 is 2.40 bits per heavy atom. The number of aryl methyl sites for hydroxylation is 1. The SMILES string of the molecule is CCOC(=O)c1ccc(C=CNS(=O)(=O)CCc2ccccc2)cc1. The summed E-state index contributed by atoms with van der Waals surface area (Å²) in [6.07, 6.45) is 3.48. The highest BCUT2D eigenvalue weighted by Crippen LogP contribution is 2.08. The quantitative estimate of drug-likeness (QED) is 0.736. The molecule has 0 aromatic heterocycles. The van der Waals surface area contributed by atoms with Crippen LogP contribution in [-0.4, -0.2) is 26.7 Å². The molecule has 0 aliphatic heterocycles. The Labute approximate surface area is 148 Å². The summed E-state index contributed by atoms with van der Waals surface area (Å²) in [4.78, 5) is 11.6. The Balaban J connectivity index is 1.87. The van der Waals surface area contributed by atoms with Crippen LogP contribution in [0.1, 0.15) is 28.4 Å². The molecule has 0 amide bonds. The van der Waals surface area contributed by atoms with Crippen LogP contribution in [0, 0.1) is 0 Å². The summed E-state index contributed by atoms with van der Waals surface area (Å²) in [7, 11) is -3.39. The lowest BCUT2D eigenvalue weighted by atomic mass is 10.1. The van der Waals surface area contributed by atoms with Gasteiger partial charge in [0.1, 0.15) is 0 Å². The second kappa shape index (κ2) is 9.03. The predicted octanol–water partition coefficient (Wildman–Crippen LogP) is 3.00. The van der Waals surface area contributed by atoms with E-state index < -0.39 is 10.0 Å². The predicted molar refractivity (Wildman–Crippen MR) is 98.5 cm³/mol. The van der Waals surface area contributed by atoms with Crippen molar-refractivity contribution in [1.29, 1.82) is 0 Å². The summed E-state index contributed by atoms with van der Waals surface area (Å²) >= 11 is 0. The van der Waals surface area contributed by atoms with Crippen LogP contribution in [0.5, 0.6) is 0 Å². The van der Waals surface area contributed by atoms with Gasteiger partial charge in [0.05, 0.1) is 17.9 Å².